The monoisotopic (exact) mass is 397 g/mol. The van der Waals surface area contributed by atoms with Crippen LogP contribution >= 0.6 is 24.0 Å². The Hall–Kier alpha value is -0.860. The zero-order valence-corrected chi connectivity index (χ0v) is 16.6. The summed E-state index contributed by atoms with van der Waals surface area (Å²) in [5.74, 6) is -0.319. The van der Waals surface area contributed by atoms with E-state index in [2.05, 4.69) is 10.0 Å². The lowest BCUT2D eigenvalue weighted by Gasteiger charge is -2.34. The second-order valence-electron chi connectivity index (χ2n) is 6.06. The lowest BCUT2D eigenvalue weighted by atomic mass is 9.88. The smallest absolute Gasteiger partial charge is 0.241 e. The van der Waals surface area contributed by atoms with Crippen LogP contribution in [0, 0.1) is 5.92 Å². The van der Waals surface area contributed by atoms with Gasteiger partial charge in [-0.05, 0) is 44.0 Å². The largest absolute Gasteiger partial charge is 0.348 e. The molecule has 138 valence electrons. The molecule has 0 fully saturated rings. The third-order valence-corrected chi connectivity index (χ3v) is 5.76. The van der Waals surface area contributed by atoms with Gasteiger partial charge in [0, 0.05) is 11.6 Å². The highest BCUT2D eigenvalue weighted by Crippen LogP contribution is 2.16. The number of hydrogen-bond donors (Lipinski definition) is 3. The highest BCUT2D eigenvalue weighted by atomic mass is 35.5. The molecule has 0 radical (unpaired) electrons. The molecule has 9 heteroatoms. The van der Waals surface area contributed by atoms with Crippen LogP contribution in [-0.2, 0) is 14.8 Å². The summed E-state index contributed by atoms with van der Waals surface area (Å²) in [5.41, 5.74) is 5.12. The summed E-state index contributed by atoms with van der Waals surface area (Å²) in [6.07, 6.45) is 0. The molecule has 0 saturated carbocycles. The van der Waals surface area contributed by atoms with Crippen molar-refractivity contribution >= 4 is 39.9 Å². The zero-order chi connectivity index (χ0) is 17.8. The Labute approximate surface area is 155 Å². The molecule has 0 heterocycles. The summed E-state index contributed by atoms with van der Waals surface area (Å²) >= 11 is 5.74. The maximum Gasteiger partial charge on any atom is 0.241 e. The van der Waals surface area contributed by atoms with Gasteiger partial charge in [0.25, 0.3) is 0 Å². The fourth-order valence-corrected chi connectivity index (χ4v) is 3.12. The third-order valence-electron chi connectivity index (χ3n) is 3.96. The zero-order valence-electron chi connectivity index (χ0n) is 14.2. The molecule has 0 aliphatic heterocycles. The van der Waals surface area contributed by atoms with Crippen LogP contribution in [0.4, 0.5) is 0 Å². The molecular weight excluding hydrogens is 373 g/mol. The van der Waals surface area contributed by atoms with Crippen molar-refractivity contribution in [2.45, 2.75) is 44.2 Å². The van der Waals surface area contributed by atoms with Crippen molar-refractivity contribution < 1.29 is 13.2 Å². The topological polar surface area (TPSA) is 101 Å². The number of carbonyl (C=O) groups excluding carboxylic acids is 1. The van der Waals surface area contributed by atoms with Crippen molar-refractivity contribution in [3.63, 3.8) is 0 Å². The van der Waals surface area contributed by atoms with Crippen molar-refractivity contribution in [2.75, 3.05) is 6.54 Å². The van der Waals surface area contributed by atoms with Crippen molar-refractivity contribution in [2.24, 2.45) is 11.7 Å². The number of halogens is 2. The Kier molecular flexibility index (Phi) is 8.69. The van der Waals surface area contributed by atoms with Crippen molar-refractivity contribution in [1.29, 1.82) is 0 Å². The van der Waals surface area contributed by atoms with Gasteiger partial charge in [-0.25, -0.2) is 8.42 Å². The summed E-state index contributed by atoms with van der Waals surface area (Å²) in [4.78, 5) is 12.3. The molecule has 0 bridgehead atoms. The van der Waals surface area contributed by atoms with Gasteiger partial charge in [-0.2, -0.15) is 4.72 Å². The molecule has 6 nitrogen and oxygen atoms in total. The van der Waals surface area contributed by atoms with E-state index >= 15 is 0 Å². The lowest BCUT2D eigenvalue weighted by Crippen LogP contribution is -2.59. The first-order valence-electron chi connectivity index (χ1n) is 7.32. The van der Waals surface area contributed by atoms with E-state index < -0.39 is 27.5 Å². The van der Waals surface area contributed by atoms with Gasteiger partial charge >= 0.3 is 0 Å². The fourth-order valence-electron chi connectivity index (χ4n) is 1.79. The van der Waals surface area contributed by atoms with Crippen LogP contribution in [0.5, 0.6) is 0 Å². The van der Waals surface area contributed by atoms with Crippen LogP contribution in [0.25, 0.3) is 0 Å². The predicted molar refractivity (Wildman–Crippen MR) is 98.9 cm³/mol. The normalized spacial score (nSPS) is 15.3. The van der Waals surface area contributed by atoms with Crippen LogP contribution in [0.15, 0.2) is 29.2 Å². The molecule has 0 spiro atoms. The van der Waals surface area contributed by atoms with Gasteiger partial charge in [0.15, 0.2) is 0 Å². The maximum absolute atomic E-state index is 12.3. The number of sulfonamides is 1. The molecule has 2 atom stereocenters. The Morgan fingerprint density at radius 3 is 2.17 bits per heavy atom. The Morgan fingerprint density at radius 1 is 1.25 bits per heavy atom. The highest BCUT2D eigenvalue weighted by Gasteiger charge is 2.31. The first-order chi connectivity index (χ1) is 10.5. The van der Waals surface area contributed by atoms with Crippen molar-refractivity contribution in [3.05, 3.63) is 29.3 Å². The fraction of sp³-hybridized carbons (Fsp3) is 0.533. The number of benzene rings is 1. The van der Waals surface area contributed by atoms with Crippen LogP contribution in [0.1, 0.15) is 27.7 Å². The summed E-state index contributed by atoms with van der Waals surface area (Å²) in [6.45, 7) is 7.45. The van der Waals surface area contributed by atoms with Gasteiger partial charge in [-0.3, -0.25) is 4.79 Å². The molecule has 24 heavy (non-hydrogen) atoms. The predicted octanol–water partition coefficient (Wildman–Crippen LogP) is 1.92. The Bertz CT molecular complexity index is 650. The average Bonchev–Trinajstić information content (AvgIpc) is 2.46. The molecule has 1 rings (SSSR count). The Balaban J connectivity index is 0.00000529. The van der Waals surface area contributed by atoms with E-state index in [1.165, 1.54) is 31.2 Å². The van der Waals surface area contributed by atoms with Crippen LogP contribution in [-0.4, -0.2) is 32.5 Å². The standard InChI is InChI=1S/C15H24ClN3O3S.ClH/c1-10(2)15(4,9-17)18-14(20)11(3)19-23(21,22)13-7-5-12(16)6-8-13;/h5-8,10-11,19H,9,17H2,1-4H3,(H,18,20);1H. The summed E-state index contributed by atoms with van der Waals surface area (Å²) in [7, 11) is -3.80. The highest BCUT2D eigenvalue weighted by molar-refractivity contribution is 7.89. The molecule has 1 aromatic rings. The number of nitrogens with one attached hydrogen (secondary N) is 2. The minimum Gasteiger partial charge on any atom is -0.348 e. The van der Waals surface area contributed by atoms with Crippen LogP contribution in [0.3, 0.4) is 0 Å². The summed E-state index contributed by atoms with van der Waals surface area (Å²) < 4.78 is 26.9. The van der Waals surface area contributed by atoms with E-state index in [-0.39, 0.29) is 29.8 Å². The van der Waals surface area contributed by atoms with Gasteiger partial charge in [-0.15, -0.1) is 12.4 Å². The van der Waals surface area contributed by atoms with Gasteiger partial charge in [0.2, 0.25) is 15.9 Å². The van der Waals surface area contributed by atoms with E-state index in [0.717, 1.165) is 0 Å². The number of rotatable bonds is 7. The quantitative estimate of drug-likeness (QED) is 0.653. The van der Waals surface area contributed by atoms with Crippen LogP contribution < -0.4 is 15.8 Å². The lowest BCUT2D eigenvalue weighted by molar-refractivity contribution is -0.124. The van der Waals surface area contributed by atoms with Crippen molar-refractivity contribution in [1.82, 2.24) is 10.0 Å². The summed E-state index contributed by atoms with van der Waals surface area (Å²) in [5, 5.41) is 3.25. The van der Waals surface area contributed by atoms with Gasteiger partial charge in [0.05, 0.1) is 16.5 Å². The molecule has 0 aromatic heterocycles. The first kappa shape index (κ1) is 23.1. The number of carbonyl (C=O) groups is 1. The minimum atomic E-state index is -3.80. The van der Waals surface area contributed by atoms with E-state index in [1.54, 1.807) is 0 Å². The second kappa shape index (κ2) is 9.01. The molecule has 0 saturated heterocycles. The van der Waals surface area contributed by atoms with Gasteiger partial charge in [-0.1, -0.05) is 25.4 Å². The molecular formula is C15H25Cl2N3O3S. The van der Waals surface area contributed by atoms with E-state index in [1.807, 2.05) is 20.8 Å². The SMILES string of the molecule is CC(NS(=O)(=O)c1ccc(Cl)cc1)C(=O)NC(C)(CN)C(C)C.Cl. The first-order valence-corrected chi connectivity index (χ1v) is 9.18. The van der Waals surface area contributed by atoms with E-state index in [0.29, 0.717) is 5.02 Å². The summed E-state index contributed by atoms with van der Waals surface area (Å²) in [6, 6.07) is 4.79. The second-order valence-corrected chi connectivity index (χ2v) is 8.21. The maximum atomic E-state index is 12.3. The molecule has 4 N–H and O–H groups in total. The number of amides is 1. The molecule has 0 aliphatic carbocycles. The van der Waals surface area contributed by atoms with Gasteiger partial charge < -0.3 is 11.1 Å². The van der Waals surface area contributed by atoms with E-state index in [9.17, 15) is 13.2 Å². The van der Waals surface area contributed by atoms with Crippen LogP contribution in [0.2, 0.25) is 5.02 Å². The molecule has 1 amide bonds. The van der Waals surface area contributed by atoms with E-state index in [4.69, 9.17) is 17.3 Å². The van der Waals surface area contributed by atoms with Crippen molar-refractivity contribution in [3.8, 4) is 0 Å². The molecule has 2 unspecified atom stereocenters. The average molecular weight is 398 g/mol. The molecule has 0 aliphatic rings. The minimum absolute atomic E-state index is 0. The van der Waals surface area contributed by atoms with Gasteiger partial charge in [0.1, 0.15) is 0 Å². The Morgan fingerprint density at radius 2 is 1.75 bits per heavy atom. The number of hydrogen-bond acceptors (Lipinski definition) is 4. The molecule has 1 aromatic carbocycles. The number of nitrogens with two attached hydrogens (primary N) is 1. The third kappa shape index (κ3) is 5.89.